The Morgan fingerprint density at radius 2 is 1.34 bits per heavy atom. The summed E-state index contributed by atoms with van der Waals surface area (Å²) in [6.07, 6.45) is 0. The number of rotatable bonds is 9. The van der Waals surface area contributed by atoms with E-state index in [2.05, 4.69) is 87.0 Å². The Morgan fingerprint density at radius 1 is 0.737 bits per heavy atom. The summed E-state index contributed by atoms with van der Waals surface area (Å²) in [4.78, 5) is 9.53. The number of likely N-dealkylation sites (N-methyl/N-ethyl adjacent to an activating group) is 1. The molecule has 0 aliphatic rings. The summed E-state index contributed by atoms with van der Waals surface area (Å²) in [5.41, 5.74) is 14.5. The first-order valence-corrected chi connectivity index (χ1v) is 13.1. The predicted octanol–water partition coefficient (Wildman–Crippen LogP) is 6.32. The van der Waals surface area contributed by atoms with Crippen LogP contribution in [0.3, 0.4) is 0 Å². The summed E-state index contributed by atoms with van der Waals surface area (Å²) in [6, 6.07) is 31.0. The van der Waals surface area contributed by atoms with Gasteiger partial charge in [0.15, 0.2) is 0 Å². The highest BCUT2D eigenvalue weighted by Crippen LogP contribution is 2.27. The molecule has 2 N–H and O–H groups in total. The minimum Gasteiger partial charge on any atom is -0.373 e. The lowest BCUT2D eigenvalue weighted by Gasteiger charge is -2.20. The minimum atomic E-state index is 0.615. The Hall–Kier alpha value is -4.36. The smallest absolute Gasteiger partial charge is 0.237 e. The number of benzene rings is 4. The van der Waals surface area contributed by atoms with E-state index < -0.39 is 0 Å². The molecule has 192 valence electrons. The second-order valence-corrected chi connectivity index (χ2v) is 9.23. The van der Waals surface area contributed by atoms with E-state index in [1.807, 2.05) is 49.5 Å². The van der Waals surface area contributed by atoms with E-state index in [1.54, 1.807) is 0 Å². The first-order valence-electron chi connectivity index (χ1n) is 13.1. The van der Waals surface area contributed by atoms with Gasteiger partial charge in [0.2, 0.25) is 16.7 Å². The number of anilines is 2. The zero-order valence-electron chi connectivity index (χ0n) is 22.2. The molecule has 0 unspecified atom stereocenters. The monoisotopic (exact) mass is 504 g/mol. The first-order chi connectivity index (χ1) is 18.6. The molecule has 1 heterocycles. The molecule has 1 aromatic heterocycles. The molecule has 0 saturated heterocycles. The number of hydrogen-bond donors (Lipinski definition) is 1. The quantitative estimate of drug-likeness (QED) is 0.145. The van der Waals surface area contributed by atoms with Crippen LogP contribution in [0.4, 0.5) is 22.7 Å². The number of azo groups is 1. The largest absolute Gasteiger partial charge is 0.373 e. The molecule has 7 heteroatoms. The molecule has 0 fully saturated rings. The van der Waals surface area contributed by atoms with Crippen LogP contribution in [0.1, 0.15) is 13.8 Å². The van der Waals surface area contributed by atoms with Crippen LogP contribution in [0, 0.1) is 0 Å². The van der Waals surface area contributed by atoms with Crippen molar-refractivity contribution in [2.75, 3.05) is 43.0 Å². The highest BCUT2D eigenvalue weighted by Gasteiger charge is 2.20. The lowest BCUT2D eigenvalue weighted by Crippen LogP contribution is -2.33. The second-order valence-electron chi connectivity index (χ2n) is 9.23. The Bertz CT molecular complexity index is 1560. The number of nitrogens with two attached hydrogens (primary N) is 1. The standard InChI is InChI=1S/C31H34N7/c1-4-37(5-2)27-16-18-31-29(22-27)33-28-21-24(13-17-30(28)38(31)26-9-7-6-8-10-26)35-34-23-11-14-25(15-12-23)36(3)20-19-32/h6-18,21-22H,4-5,19-20,32H2,1-3H3/q+1. The van der Waals surface area contributed by atoms with Crippen LogP contribution in [-0.4, -0.2) is 38.2 Å². The summed E-state index contributed by atoms with van der Waals surface area (Å²) < 4.78 is 2.27. The van der Waals surface area contributed by atoms with E-state index in [0.29, 0.717) is 6.54 Å². The lowest BCUT2D eigenvalue weighted by molar-refractivity contribution is -0.538. The van der Waals surface area contributed by atoms with Crippen molar-refractivity contribution in [3.05, 3.63) is 91.0 Å². The highest BCUT2D eigenvalue weighted by atomic mass is 15.1. The van der Waals surface area contributed by atoms with Crippen molar-refractivity contribution in [1.29, 1.82) is 0 Å². The zero-order valence-corrected chi connectivity index (χ0v) is 22.2. The van der Waals surface area contributed by atoms with E-state index in [0.717, 1.165) is 64.5 Å². The fourth-order valence-corrected chi connectivity index (χ4v) is 4.76. The van der Waals surface area contributed by atoms with Crippen molar-refractivity contribution in [2.45, 2.75) is 13.8 Å². The van der Waals surface area contributed by atoms with E-state index in [9.17, 15) is 0 Å². The maximum absolute atomic E-state index is 5.67. The molecule has 4 aromatic carbocycles. The van der Waals surface area contributed by atoms with Crippen LogP contribution < -0.4 is 20.1 Å². The zero-order chi connectivity index (χ0) is 26.5. The lowest BCUT2D eigenvalue weighted by atomic mass is 10.2. The first kappa shape index (κ1) is 25.3. The Morgan fingerprint density at radius 3 is 2.03 bits per heavy atom. The van der Waals surface area contributed by atoms with Crippen molar-refractivity contribution in [2.24, 2.45) is 16.0 Å². The van der Waals surface area contributed by atoms with Gasteiger partial charge in [-0.15, -0.1) is 4.57 Å². The molecule has 0 atom stereocenters. The summed E-state index contributed by atoms with van der Waals surface area (Å²) in [6.45, 7) is 7.67. The molecular weight excluding hydrogens is 470 g/mol. The number of hydrogen-bond acceptors (Lipinski definition) is 6. The van der Waals surface area contributed by atoms with Crippen LogP contribution in [-0.2, 0) is 0 Å². The predicted molar refractivity (Wildman–Crippen MR) is 157 cm³/mol. The maximum atomic E-state index is 5.67. The van der Waals surface area contributed by atoms with Gasteiger partial charge in [0.1, 0.15) is 11.0 Å². The van der Waals surface area contributed by atoms with Crippen LogP contribution >= 0.6 is 0 Å². The van der Waals surface area contributed by atoms with Gasteiger partial charge in [-0.25, -0.2) is 4.98 Å². The number of para-hydroxylation sites is 1. The number of aromatic nitrogens is 2. The Kier molecular flexibility index (Phi) is 7.56. The normalized spacial score (nSPS) is 11.5. The van der Waals surface area contributed by atoms with E-state index >= 15 is 0 Å². The Labute approximate surface area is 223 Å². The van der Waals surface area contributed by atoms with Crippen LogP contribution in [0.15, 0.2) is 101 Å². The molecule has 5 aromatic rings. The van der Waals surface area contributed by atoms with E-state index in [1.165, 1.54) is 5.69 Å². The molecule has 7 nitrogen and oxygen atoms in total. The van der Waals surface area contributed by atoms with Crippen molar-refractivity contribution in [1.82, 2.24) is 4.98 Å². The molecule has 5 rings (SSSR count). The fourth-order valence-electron chi connectivity index (χ4n) is 4.76. The molecule has 0 radical (unpaired) electrons. The van der Waals surface area contributed by atoms with Crippen LogP contribution in [0.25, 0.3) is 27.8 Å². The van der Waals surface area contributed by atoms with Gasteiger partial charge >= 0.3 is 0 Å². The van der Waals surface area contributed by atoms with Gasteiger partial charge in [-0.1, -0.05) is 18.2 Å². The SMILES string of the molecule is CCN(CC)c1ccc2c(c1)nc1cc(N=Nc3ccc(N(C)CCN)cc3)ccc1[n+]2-c1ccccc1. The van der Waals surface area contributed by atoms with Crippen molar-refractivity contribution in [3.8, 4) is 5.69 Å². The average molecular weight is 505 g/mol. The van der Waals surface area contributed by atoms with Gasteiger partial charge in [-0.3, -0.25) is 0 Å². The molecular formula is C31H34N7+. The van der Waals surface area contributed by atoms with Crippen molar-refractivity contribution < 1.29 is 4.57 Å². The second kappa shape index (κ2) is 11.4. The minimum absolute atomic E-state index is 0.615. The van der Waals surface area contributed by atoms with Gasteiger partial charge in [0, 0.05) is 68.9 Å². The molecule has 0 saturated carbocycles. The molecule has 0 aliphatic carbocycles. The number of fused-ring (bicyclic) bond motifs is 2. The molecule has 0 amide bonds. The summed E-state index contributed by atoms with van der Waals surface area (Å²) in [5.74, 6) is 0. The highest BCUT2D eigenvalue weighted by molar-refractivity contribution is 5.86. The third-order valence-electron chi connectivity index (χ3n) is 6.82. The third-order valence-corrected chi connectivity index (χ3v) is 6.82. The van der Waals surface area contributed by atoms with Crippen molar-refractivity contribution in [3.63, 3.8) is 0 Å². The van der Waals surface area contributed by atoms with Gasteiger partial charge in [-0.05, 0) is 62.4 Å². The average Bonchev–Trinajstić information content (AvgIpc) is 2.96. The summed E-state index contributed by atoms with van der Waals surface area (Å²) in [7, 11) is 2.03. The fraction of sp³-hybridized carbons (Fsp3) is 0.226. The number of nitrogens with zero attached hydrogens (tertiary/aromatic N) is 6. The van der Waals surface area contributed by atoms with E-state index in [-0.39, 0.29) is 0 Å². The van der Waals surface area contributed by atoms with Gasteiger partial charge < -0.3 is 15.5 Å². The molecule has 0 aliphatic heterocycles. The topological polar surface area (TPSA) is 74.0 Å². The molecule has 0 bridgehead atoms. The van der Waals surface area contributed by atoms with Crippen LogP contribution in [0.5, 0.6) is 0 Å². The molecule has 38 heavy (non-hydrogen) atoms. The van der Waals surface area contributed by atoms with Gasteiger partial charge in [0.05, 0.1) is 11.4 Å². The summed E-state index contributed by atoms with van der Waals surface area (Å²) in [5, 5.41) is 9.00. The van der Waals surface area contributed by atoms with Gasteiger partial charge in [-0.2, -0.15) is 10.2 Å². The van der Waals surface area contributed by atoms with Crippen molar-refractivity contribution >= 4 is 44.8 Å². The Balaban J connectivity index is 1.56. The van der Waals surface area contributed by atoms with E-state index in [4.69, 9.17) is 10.7 Å². The molecule has 0 spiro atoms. The third kappa shape index (κ3) is 5.19. The van der Waals surface area contributed by atoms with Gasteiger partial charge in [0.25, 0.3) is 0 Å². The van der Waals surface area contributed by atoms with Crippen LogP contribution in [0.2, 0.25) is 0 Å². The maximum Gasteiger partial charge on any atom is 0.237 e. The summed E-state index contributed by atoms with van der Waals surface area (Å²) >= 11 is 0.